The number of hydrogen-bond acceptors (Lipinski definition) is 2. The third-order valence-corrected chi connectivity index (χ3v) is 1.70. The number of primary amides is 1. The molecule has 0 bridgehead atoms. The van der Waals surface area contributed by atoms with Gasteiger partial charge < -0.3 is 10.6 Å². The van der Waals surface area contributed by atoms with Crippen molar-refractivity contribution in [1.29, 1.82) is 0 Å². The number of carbonyl (C=O) groups excluding carboxylic acids is 2. The summed E-state index contributed by atoms with van der Waals surface area (Å²) in [4.78, 5) is 23.3. The van der Waals surface area contributed by atoms with Crippen LogP contribution in [0, 0.1) is 0 Å². The summed E-state index contributed by atoms with van der Waals surface area (Å²) in [6, 6.07) is 0. The Hall–Kier alpha value is -1.06. The van der Waals surface area contributed by atoms with Gasteiger partial charge in [-0.1, -0.05) is 0 Å². The number of nitrogens with zero attached hydrogens (tertiary/aromatic N) is 1. The molecule has 0 aromatic rings. The Morgan fingerprint density at radius 3 is 2.00 bits per heavy atom. The Labute approximate surface area is 72.7 Å². The first-order chi connectivity index (χ1) is 5.61. The molecular weight excluding hydrogens is 156 g/mol. The van der Waals surface area contributed by atoms with Gasteiger partial charge in [-0.2, -0.15) is 0 Å². The Bertz CT molecular complexity index is 164. The SMILES string of the molecule is CCN(CC)C(=O)CCC(N)=O. The zero-order valence-electron chi connectivity index (χ0n) is 7.67. The zero-order valence-corrected chi connectivity index (χ0v) is 7.67. The second kappa shape index (κ2) is 5.57. The summed E-state index contributed by atoms with van der Waals surface area (Å²) < 4.78 is 0. The predicted octanol–water partition coefficient (Wildman–Crippen LogP) is 0.120. The fourth-order valence-electron chi connectivity index (χ4n) is 0.965. The fourth-order valence-corrected chi connectivity index (χ4v) is 0.965. The first-order valence-electron chi connectivity index (χ1n) is 4.17. The minimum atomic E-state index is -0.421. The summed E-state index contributed by atoms with van der Waals surface area (Å²) in [6.07, 6.45) is 0.381. The Morgan fingerprint density at radius 2 is 1.67 bits per heavy atom. The smallest absolute Gasteiger partial charge is 0.223 e. The first kappa shape index (κ1) is 10.9. The van der Waals surface area contributed by atoms with E-state index in [2.05, 4.69) is 0 Å². The van der Waals surface area contributed by atoms with Crippen LogP contribution >= 0.6 is 0 Å². The Kier molecular flexibility index (Phi) is 5.08. The average Bonchev–Trinajstić information content (AvgIpc) is 2.03. The van der Waals surface area contributed by atoms with Gasteiger partial charge in [0.1, 0.15) is 0 Å². The van der Waals surface area contributed by atoms with Crippen LogP contribution in [0.4, 0.5) is 0 Å². The molecule has 0 spiro atoms. The number of hydrogen-bond donors (Lipinski definition) is 1. The van der Waals surface area contributed by atoms with Crippen molar-refractivity contribution in [3.63, 3.8) is 0 Å². The maximum Gasteiger partial charge on any atom is 0.223 e. The predicted molar refractivity (Wildman–Crippen MR) is 46.4 cm³/mol. The lowest BCUT2D eigenvalue weighted by atomic mass is 10.2. The molecule has 0 aromatic carbocycles. The zero-order chi connectivity index (χ0) is 9.56. The van der Waals surface area contributed by atoms with Gasteiger partial charge in [0.2, 0.25) is 11.8 Å². The molecule has 0 radical (unpaired) electrons. The maximum atomic E-state index is 11.2. The second-order valence-electron chi connectivity index (χ2n) is 2.53. The van der Waals surface area contributed by atoms with Crippen LogP contribution in [0.2, 0.25) is 0 Å². The van der Waals surface area contributed by atoms with E-state index >= 15 is 0 Å². The van der Waals surface area contributed by atoms with Crippen LogP contribution in [0.5, 0.6) is 0 Å². The van der Waals surface area contributed by atoms with Gasteiger partial charge in [0.25, 0.3) is 0 Å². The van der Waals surface area contributed by atoms with Crippen molar-refractivity contribution in [1.82, 2.24) is 4.90 Å². The normalized spacial score (nSPS) is 9.50. The van der Waals surface area contributed by atoms with Gasteiger partial charge >= 0.3 is 0 Å². The molecule has 0 fully saturated rings. The van der Waals surface area contributed by atoms with Crippen LogP contribution in [0.25, 0.3) is 0 Å². The number of nitrogens with two attached hydrogens (primary N) is 1. The van der Waals surface area contributed by atoms with Crippen molar-refractivity contribution in [2.45, 2.75) is 26.7 Å². The van der Waals surface area contributed by atoms with Gasteiger partial charge in [-0.25, -0.2) is 0 Å². The van der Waals surface area contributed by atoms with Gasteiger partial charge in [-0.3, -0.25) is 9.59 Å². The van der Waals surface area contributed by atoms with E-state index in [0.717, 1.165) is 0 Å². The molecule has 2 N–H and O–H groups in total. The highest BCUT2D eigenvalue weighted by Gasteiger charge is 2.09. The van der Waals surface area contributed by atoms with E-state index in [1.807, 2.05) is 13.8 Å². The molecule has 0 saturated heterocycles. The van der Waals surface area contributed by atoms with Crippen LogP contribution in [0.15, 0.2) is 0 Å². The lowest BCUT2D eigenvalue weighted by molar-refractivity contribution is -0.132. The summed E-state index contributed by atoms with van der Waals surface area (Å²) in [5, 5.41) is 0. The van der Waals surface area contributed by atoms with Crippen molar-refractivity contribution >= 4 is 11.8 Å². The molecule has 0 aliphatic carbocycles. The monoisotopic (exact) mass is 172 g/mol. The van der Waals surface area contributed by atoms with E-state index in [1.165, 1.54) is 0 Å². The highest BCUT2D eigenvalue weighted by atomic mass is 16.2. The van der Waals surface area contributed by atoms with Crippen LogP contribution in [-0.2, 0) is 9.59 Å². The molecular formula is C8H16N2O2. The highest BCUT2D eigenvalue weighted by Crippen LogP contribution is 1.96. The Morgan fingerprint density at radius 1 is 1.17 bits per heavy atom. The van der Waals surface area contributed by atoms with Gasteiger partial charge in [0.15, 0.2) is 0 Å². The van der Waals surface area contributed by atoms with Gasteiger partial charge in [-0.05, 0) is 13.8 Å². The minimum absolute atomic E-state index is 0.00111. The van der Waals surface area contributed by atoms with E-state index in [4.69, 9.17) is 5.73 Å². The summed E-state index contributed by atoms with van der Waals surface area (Å²) in [6.45, 7) is 5.19. The van der Waals surface area contributed by atoms with Crippen LogP contribution in [0.1, 0.15) is 26.7 Å². The molecule has 0 saturated carbocycles. The lowest BCUT2D eigenvalue weighted by Gasteiger charge is -2.17. The van der Waals surface area contributed by atoms with Crippen LogP contribution in [-0.4, -0.2) is 29.8 Å². The largest absolute Gasteiger partial charge is 0.370 e. The summed E-state index contributed by atoms with van der Waals surface area (Å²) in [5.41, 5.74) is 4.91. The number of rotatable bonds is 5. The summed E-state index contributed by atoms with van der Waals surface area (Å²) in [5.74, 6) is -0.422. The molecule has 0 rings (SSSR count). The topological polar surface area (TPSA) is 63.4 Å². The fraction of sp³-hybridized carbons (Fsp3) is 0.750. The van der Waals surface area contributed by atoms with Crippen LogP contribution < -0.4 is 5.73 Å². The van der Waals surface area contributed by atoms with E-state index in [-0.39, 0.29) is 18.7 Å². The van der Waals surface area contributed by atoms with E-state index < -0.39 is 5.91 Å². The maximum absolute atomic E-state index is 11.2. The van der Waals surface area contributed by atoms with E-state index in [1.54, 1.807) is 4.90 Å². The first-order valence-corrected chi connectivity index (χ1v) is 4.17. The summed E-state index contributed by atoms with van der Waals surface area (Å²) >= 11 is 0. The highest BCUT2D eigenvalue weighted by molar-refractivity contribution is 5.82. The molecule has 0 heterocycles. The standard InChI is InChI=1S/C8H16N2O2/c1-3-10(4-2)8(12)6-5-7(9)11/h3-6H2,1-2H3,(H2,9,11). The molecule has 4 nitrogen and oxygen atoms in total. The van der Waals surface area contributed by atoms with Crippen molar-refractivity contribution in [3.05, 3.63) is 0 Å². The third kappa shape index (κ3) is 3.95. The molecule has 70 valence electrons. The molecule has 2 amide bonds. The molecule has 12 heavy (non-hydrogen) atoms. The Balaban J connectivity index is 3.77. The van der Waals surface area contributed by atoms with E-state index in [9.17, 15) is 9.59 Å². The molecule has 0 unspecified atom stereocenters. The average molecular weight is 172 g/mol. The summed E-state index contributed by atoms with van der Waals surface area (Å²) in [7, 11) is 0. The van der Waals surface area contributed by atoms with Gasteiger partial charge in [-0.15, -0.1) is 0 Å². The van der Waals surface area contributed by atoms with Gasteiger partial charge in [0.05, 0.1) is 0 Å². The molecule has 0 atom stereocenters. The molecule has 4 heteroatoms. The molecule has 0 aliphatic rings. The third-order valence-electron chi connectivity index (χ3n) is 1.70. The van der Waals surface area contributed by atoms with Crippen molar-refractivity contribution in [2.24, 2.45) is 5.73 Å². The number of amides is 2. The number of carbonyl (C=O) groups is 2. The van der Waals surface area contributed by atoms with Crippen molar-refractivity contribution in [3.8, 4) is 0 Å². The minimum Gasteiger partial charge on any atom is -0.370 e. The van der Waals surface area contributed by atoms with E-state index in [0.29, 0.717) is 13.1 Å². The lowest BCUT2D eigenvalue weighted by Crippen LogP contribution is -2.31. The quantitative estimate of drug-likeness (QED) is 0.640. The van der Waals surface area contributed by atoms with Crippen LogP contribution in [0.3, 0.4) is 0 Å². The van der Waals surface area contributed by atoms with Crippen molar-refractivity contribution < 1.29 is 9.59 Å². The molecule has 0 aliphatic heterocycles. The van der Waals surface area contributed by atoms with Crippen molar-refractivity contribution in [2.75, 3.05) is 13.1 Å². The second-order valence-corrected chi connectivity index (χ2v) is 2.53. The molecule has 0 aromatic heterocycles. The van der Waals surface area contributed by atoms with Gasteiger partial charge in [0, 0.05) is 25.9 Å².